The van der Waals surface area contributed by atoms with Gasteiger partial charge in [-0.15, -0.1) is 0 Å². The zero-order chi connectivity index (χ0) is 14.4. The number of nitrogens with one attached hydrogen (secondary N) is 1. The molecular formula is C15H26N2O3. The average Bonchev–Trinajstić information content (AvgIpc) is 2.72. The largest absolute Gasteiger partial charge is 0.481 e. The second-order valence-electron chi connectivity index (χ2n) is 6.21. The SMILES string of the molecule is O=C(NCC1(C(=O)O)CCCCCC1)N1CCCCC1. The number of hydrogen-bond donors (Lipinski definition) is 2. The standard InChI is InChI=1S/C15H26N2O3/c18-13(19)15(8-4-1-2-5-9-15)12-16-14(20)17-10-6-3-7-11-17/h1-12H2,(H,16,20)(H,18,19). The van der Waals surface area contributed by atoms with E-state index in [-0.39, 0.29) is 12.6 Å². The van der Waals surface area contributed by atoms with Crippen LogP contribution in [0.5, 0.6) is 0 Å². The summed E-state index contributed by atoms with van der Waals surface area (Å²) >= 11 is 0. The minimum atomic E-state index is -0.752. The van der Waals surface area contributed by atoms with Crippen LogP contribution in [0, 0.1) is 5.41 Å². The van der Waals surface area contributed by atoms with Crippen LogP contribution < -0.4 is 5.32 Å². The van der Waals surface area contributed by atoms with Crippen molar-refractivity contribution in [2.75, 3.05) is 19.6 Å². The number of carbonyl (C=O) groups is 2. The minimum absolute atomic E-state index is 0.0884. The Balaban J connectivity index is 1.91. The Morgan fingerprint density at radius 1 is 0.950 bits per heavy atom. The predicted molar refractivity (Wildman–Crippen MR) is 76.6 cm³/mol. The van der Waals surface area contributed by atoms with E-state index >= 15 is 0 Å². The van der Waals surface area contributed by atoms with E-state index in [1.807, 2.05) is 4.90 Å². The zero-order valence-electron chi connectivity index (χ0n) is 12.2. The van der Waals surface area contributed by atoms with Crippen molar-refractivity contribution in [2.24, 2.45) is 5.41 Å². The van der Waals surface area contributed by atoms with E-state index in [0.29, 0.717) is 12.8 Å². The van der Waals surface area contributed by atoms with Gasteiger partial charge in [-0.05, 0) is 32.1 Å². The number of hydrogen-bond acceptors (Lipinski definition) is 2. The first-order valence-corrected chi connectivity index (χ1v) is 7.90. The van der Waals surface area contributed by atoms with Crippen LogP contribution in [0.4, 0.5) is 4.79 Å². The summed E-state index contributed by atoms with van der Waals surface area (Å²) < 4.78 is 0. The summed E-state index contributed by atoms with van der Waals surface area (Å²) in [5, 5.41) is 12.5. The fraction of sp³-hybridized carbons (Fsp3) is 0.867. The molecule has 2 N–H and O–H groups in total. The van der Waals surface area contributed by atoms with E-state index in [0.717, 1.165) is 51.6 Å². The van der Waals surface area contributed by atoms with Crippen molar-refractivity contribution in [2.45, 2.75) is 57.8 Å². The maximum Gasteiger partial charge on any atom is 0.317 e. The highest BCUT2D eigenvalue weighted by Crippen LogP contribution is 2.34. The molecule has 20 heavy (non-hydrogen) atoms. The fourth-order valence-corrected chi connectivity index (χ4v) is 3.33. The monoisotopic (exact) mass is 282 g/mol. The molecule has 0 atom stereocenters. The Labute approximate surface area is 120 Å². The first-order valence-electron chi connectivity index (χ1n) is 7.90. The van der Waals surface area contributed by atoms with Crippen LogP contribution in [0.1, 0.15) is 57.8 Å². The molecule has 0 aromatic heterocycles. The number of carboxylic acids is 1. The van der Waals surface area contributed by atoms with Crippen LogP contribution in [-0.4, -0.2) is 41.6 Å². The number of carboxylic acid groups (broad SMARTS) is 1. The summed E-state index contributed by atoms with van der Waals surface area (Å²) in [6.45, 7) is 1.87. The summed E-state index contributed by atoms with van der Waals surface area (Å²) in [5.41, 5.74) is -0.748. The maximum absolute atomic E-state index is 12.1. The molecule has 5 heteroatoms. The van der Waals surface area contributed by atoms with Gasteiger partial charge in [0.15, 0.2) is 0 Å². The lowest BCUT2D eigenvalue weighted by Gasteiger charge is -2.31. The van der Waals surface area contributed by atoms with E-state index in [2.05, 4.69) is 5.32 Å². The number of piperidine rings is 1. The second-order valence-corrected chi connectivity index (χ2v) is 6.21. The molecule has 0 radical (unpaired) electrons. The first-order chi connectivity index (χ1) is 9.64. The van der Waals surface area contributed by atoms with Gasteiger partial charge in [-0.1, -0.05) is 25.7 Å². The highest BCUT2D eigenvalue weighted by Gasteiger charge is 2.39. The molecule has 0 unspecified atom stereocenters. The van der Waals surface area contributed by atoms with Crippen molar-refractivity contribution in [1.82, 2.24) is 10.2 Å². The average molecular weight is 282 g/mol. The number of nitrogens with zero attached hydrogens (tertiary/aromatic N) is 1. The normalized spacial score (nSPS) is 22.9. The van der Waals surface area contributed by atoms with Gasteiger partial charge >= 0.3 is 12.0 Å². The number of aliphatic carboxylic acids is 1. The molecule has 1 saturated carbocycles. The molecule has 2 aliphatic rings. The van der Waals surface area contributed by atoms with E-state index in [4.69, 9.17) is 0 Å². The van der Waals surface area contributed by atoms with Gasteiger partial charge in [0.2, 0.25) is 0 Å². The van der Waals surface area contributed by atoms with Crippen molar-refractivity contribution in [3.05, 3.63) is 0 Å². The van der Waals surface area contributed by atoms with E-state index in [1.165, 1.54) is 6.42 Å². The number of urea groups is 1. The van der Waals surface area contributed by atoms with Crippen molar-refractivity contribution in [3.63, 3.8) is 0 Å². The molecule has 0 bridgehead atoms. The Morgan fingerprint density at radius 2 is 1.50 bits per heavy atom. The van der Waals surface area contributed by atoms with Crippen molar-refractivity contribution in [1.29, 1.82) is 0 Å². The van der Waals surface area contributed by atoms with Crippen molar-refractivity contribution < 1.29 is 14.7 Å². The lowest BCUT2D eigenvalue weighted by atomic mass is 9.80. The van der Waals surface area contributed by atoms with Crippen LogP contribution in [0.3, 0.4) is 0 Å². The van der Waals surface area contributed by atoms with Crippen LogP contribution in [0.2, 0.25) is 0 Å². The molecule has 0 aromatic rings. The smallest absolute Gasteiger partial charge is 0.317 e. The van der Waals surface area contributed by atoms with E-state index in [9.17, 15) is 14.7 Å². The predicted octanol–water partition coefficient (Wildman–Crippen LogP) is 2.61. The fourth-order valence-electron chi connectivity index (χ4n) is 3.33. The second kappa shape index (κ2) is 6.95. The Kier molecular flexibility index (Phi) is 5.26. The van der Waals surface area contributed by atoms with Crippen LogP contribution in [0.15, 0.2) is 0 Å². The first kappa shape index (κ1) is 15.1. The van der Waals surface area contributed by atoms with Gasteiger partial charge in [-0.3, -0.25) is 4.79 Å². The molecule has 0 spiro atoms. The molecule has 1 aliphatic heterocycles. The third kappa shape index (κ3) is 3.64. The molecule has 2 amide bonds. The van der Waals surface area contributed by atoms with Crippen LogP contribution in [0.25, 0.3) is 0 Å². The van der Waals surface area contributed by atoms with Gasteiger partial charge in [-0.25, -0.2) is 4.79 Å². The molecule has 1 saturated heterocycles. The van der Waals surface area contributed by atoms with Gasteiger partial charge < -0.3 is 15.3 Å². The Morgan fingerprint density at radius 3 is 2.05 bits per heavy atom. The lowest BCUT2D eigenvalue weighted by molar-refractivity contribution is -0.149. The van der Waals surface area contributed by atoms with Gasteiger partial charge in [0.05, 0.1) is 5.41 Å². The third-order valence-corrected chi connectivity index (χ3v) is 4.74. The Hall–Kier alpha value is -1.26. The molecule has 5 nitrogen and oxygen atoms in total. The number of likely N-dealkylation sites (tertiary alicyclic amines) is 1. The molecule has 2 rings (SSSR count). The number of carbonyl (C=O) groups excluding carboxylic acids is 1. The number of amides is 2. The summed E-state index contributed by atoms with van der Waals surface area (Å²) in [6, 6.07) is -0.0884. The lowest BCUT2D eigenvalue weighted by Crippen LogP contribution is -2.48. The molecule has 1 aliphatic carbocycles. The summed E-state index contributed by atoms with van der Waals surface area (Å²) in [5.74, 6) is -0.752. The minimum Gasteiger partial charge on any atom is -0.481 e. The van der Waals surface area contributed by atoms with Gasteiger partial charge in [0.1, 0.15) is 0 Å². The van der Waals surface area contributed by atoms with Crippen LogP contribution >= 0.6 is 0 Å². The zero-order valence-corrected chi connectivity index (χ0v) is 12.2. The summed E-state index contributed by atoms with van der Waals surface area (Å²) in [6.07, 6.45) is 8.77. The highest BCUT2D eigenvalue weighted by atomic mass is 16.4. The van der Waals surface area contributed by atoms with Crippen LogP contribution in [-0.2, 0) is 4.79 Å². The summed E-state index contributed by atoms with van der Waals surface area (Å²) in [7, 11) is 0. The molecule has 114 valence electrons. The van der Waals surface area contributed by atoms with Gasteiger partial charge in [-0.2, -0.15) is 0 Å². The quantitative estimate of drug-likeness (QED) is 0.782. The topological polar surface area (TPSA) is 69.6 Å². The number of rotatable bonds is 3. The van der Waals surface area contributed by atoms with Gasteiger partial charge in [0, 0.05) is 19.6 Å². The van der Waals surface area contributed by atoms with Gasteiger partial charge in [0.25, 0.3) is 0 Å². The molecule has 1 heterocycles. The summed E-state index contributed by atoms with van der Waals surface area (Å²) in [4.78, 5) is 25.6. The molecular weight excluding hydrogens is 256 g/mol. The highest BCUT2D eigenvalue weighted by molar-refractivity contribution is 5.78. The van der Waals surface area contributed by atoms with E-state index in [1.54, 1.807) is 0 Å². The van der Waals surface area contributed by atoms with Crippen molar-refractivity contribution >= 4 is 12.0 Å². The van der Waals surface area contributed by atoms with E-state index < -0.39 is 11.4 Å². The third-order valence-electron chi connectivity index (χ3n) is 4.74. The Bertz CT molecular complexity index is 343. The maximum atomic E-state index is 12.1. The van der Waals surface area contributed by atoms with Crippen molar-refractivity contribution in [3.8, 4) is 0 Å². The molecule has 2 fully saturated rings. The molecule has 0 aromatic carbocycles.